The van der Waals surface area contributed by atoms with Gasteiger partial charge in [-0.15, -0.1) is 0 Å². The highest BCUT2D eigenvalue weighted by molar-refractivity contribution is 6.12. The zero-order valence-corrected chi connectivity index (χ0v) is 70.5. The fourth-order valence-corrected chi connectivity index (χ4v) is 19.0. The predicted molar refractivity (Wildman–Crippen MR) is 447 cm³/mol. The molecule has 8 aliphatic heterocycles. The van der Waals surface area contributed by atoms with Crippen molar-refractivity contribution >= 4 is 70.8 Å². The highest BCUT2D eigenvalue weighted by Gasteiger charge is 2.63. The molecule has 119 heavy (non-hydrogen) atoms. The summed E-state index contributed by atoms with van der Waals surface area (Å²) in [5.41, 5.74) is 10.8. The number of nitrogens with zero attached hydrogens (tertiary/aromatic N) is 17. The van der Waals surface area contributed by atoms with Crippen molar-refractivity contribution in [2.75, 3.05) is 85.6 Å². The zero-order chi connectivity index (χ0) is 83.2. The van der Waals surface area contributed by atoms with Crippen molar-refractivity contribution in [2.45, 2.75) is 271 Å². The first-order chi connectivity index (χ1) is 56.7. The third-order valence-electron chi connectivity index (χ3n) is 24.9. The minimum atomic E-state index is -0.727. The van der Waals surface area contributed by atoms with Crippen molar-refractivity contribution < 1.29 is 57.3 Å². The smallest absolute Gasteiger partial charge is 0.410 e. The Bertz CT molecular complexity index is 4820. The van der Waals surface area contributed by atoms with E-state index >= 15 is 0 Å². The van der Waals surface area contributed by atoms with E-state index in [1.54, 1.807) is 83.0 Å². The van der Waals surface area contributed by atoms with Gasteiger partial charge in [-0.2, -0.15) is 0 Å². The van der Waals surface area contributed by atoms with Crippen LogP contribution in [0.2, 0.25) is 0 Å². The molecule has 3 aliphatic carbocycles. The molecule has 15 heterocycles. The van der Waals surface area contributed by atoms with Crippen molar-refractivity contribution in [3.05, 3.63) is 148 Å². The van der Waals surface area contributed by atoms with Crippen LogP contribution in [0.5, 0.6) is 0 Å². The van der Waals surface area contributed by atoms with E-state index in [0.29, 0.717) is 85.2 Å². The number of amides is 8. The summed E-state index contributed by atoms with van der Waals surface area (Å²) in [6.07, 6.45) is 32.4. The fraction of sp³-hybridized carbons (Fsp3) is 0.584. The number of imidazole rings is 3. The van der Waals surface area contributed by atoms with E-state index in [-0.39, 0.29) is 55.4 Å². The monoisotopic (exact) mass is 1630 g/mol. The van der Waals surface area contributed by atoms with Crippen LogP contribution < -0.4 is 20.0 Å². The van der Waals surface area contributed by atoms with Crippen LogP contribution >= 0.6 is 0 Å². The summed E-state index contributed by atoms with van der Waals surface area (Å²) in [6, 6.07) is 7.60. The molecule has 7 aromatic rings. The first-order valence-electron chi connectivity index (χ1n) is 42.8. The van der Waals surface area contributed by atoms with E-state index in [1.165, 1.54) is 72.7 Å². The van der Waals surface area contributed by atoms with E-state index in [9.17, 15) is 38.4 Å². The van der Waals surface area contributed by atoms with Gasteiger partial charge in [-0.05, 0) is 198 Å². The number of aryl methyl sites for hydroxylation is 3. The van der Waals surface area contributed by atoms with Gasteiger partial charge in [0.2, 0.25) is 23.6 Å². The minimum Gasteiger partial charge on any atom is -0.450 e. The molecule has 4 saturated heterocycles. The van der Waals surface area contributed by atoms with Crippen LogP contribution in [0.3, 0.4) is 0 Å². The summed E-state index contributed by atoms with van der Waals surface area (Å²) in [5.74, 6) is 2.91. The lowest BCUT2D eigenvalue weighted by atomic mass is 9.75. The number of nitrogens with one attached hydrogen (secondary N) is 1. The number of hydrogen-bond donors (Lipinski definition) is 1. The molecule has 11 aliphatic rings. The molecular formula is C89H118N18O12. The normalized spacial score (nSPS) is 18.5. The average molecular weight is 1630 g/mol. The van der Waals surface area contributed by atoms with Crippen LogP contribution in [-0.4, -0.2) is 193 Å². The van der Waals surface area contributed by atoms with E-state index in [1.807, 2.05) is 80.5 Å². The number of unbranched alkanes of at least 4 members (excludes halogenated alkanes) is 3. The largest absolute Gasteiger partial charge is 0.450 e. The standard InChI is InChI=1S/C26H35N5O3.2C24H31N5O3.C14H17N3O3.CH4/c1-5-6-13-30-20-10-8-7-9-19(20)28-22(30)15-31-21-14-27-12-11-18(21)26(23(31)32)16-29(17-26)24(33)34-25(2,3)4;2*1-3-5-12-28-19-9-7-6-8-18(19)26-21(28)14-29-20-13-25-11-10-17(20)24(22(29)30)15-27(16-24)23(31)32-4-2;1-13(2,3)20-12(19)17-7-14(8-17)9-4-5-15-6-10(9)16-11(14)18;/h11-12,14H,5-10,13,15-17H2,1-4H3;2*10-11,13H,3-9,12,14-16H2,1-2H3;4-6H,7-8H2,1-3H3,(H,16,18);1H4. The molecule has 0 aromatic carbocycles. The Hall–Kier alpha value is -10.8. The summed E-state index contributed by atoms with van der Waals surface area (Å²) in [6.45, 7) is 28.7. The lowest BCUT2D eigenvalue weighted by molar-refractivity contribution is -0.129. The van der Waals surface area contributed by atoms with Crippen LogP contribution in [0, 0.1) is 0 Å². The van der Waals surface area contributed by atoms with Crippen molar-refractivity contribution in [1.29, 1.82) is 0 Å². The van der Waals surface area contributed by atoms with Gasteiger partial charge in [0.1, 0.15) is 50.3 Å². The molecular weight excluding hydrogens is 1510 g/mol. The number of carbonyl (C=O) groups is 8. The second kappa shape index (κ2) is 34.1. The molecule has 4 fully saturated rings. The molecule has 636 valence electrons. The fourth-order valence-electron chi connectivity index (χ4n) is 19.0. The zero-order valence-electron chi connectivity index (χ0n) is 70.5. The molecule has 0 atom stereocenters. The van der Waals surface area contributed by atoms with Crippen LogP contribution in [0.1, 0.15) is 235 Å². The molecule has 4 spiro atoms. The lowest BCUT2D eigenvalue weighted by Crippen LogP contribution is -2.65. The maximum absolute atomic E-state index is 13.9. The Morgan fingerprint density at radius 3 is 1.01 bits per heavy atom. The number of fused-ring (bicyclic) bond motifs is 11. The number of pyridine rings is 4. The molecule has 30 heteroatoms. The second-order valence-electron chi connectivity index (χ2n) is 35.2. The number of hydrogen-bond acceptors (Lipinski definition) is 19. The summed E-state index contributed by atoms with van der Waals surface area (Å²) in [7, 11) is 0. The van der Waals surface area contributed by atoms with Gasteiger partial charge in [-0.3, -0.25) is 39.1 Å². The Balaban J connectivity index is 0.000000132. The number of ether oxygens (including phenoxy) is 4. The van der Waals surface area contributed by atoms with E-state index in [4.69, 9.17) is 33.9 Å². The minimum absolute atomic E-state index is 0. The molecule has 7 aromatic heterocycles. The summed E-state index contributed by atoms with van der Waals surface area (Å²) in [4.78, 5) is 146. The molecule has 30 nitrogen and oxygen atoms in total. The first kappa shape index (κ1) is 84.6. The Labute approximate surface area is 697 Å². The van der Waals surface area contributed by atoms with Crippen LogP contribution in [0.4, 0.5) is 41.9 Å². The van der Waals surface area contributed by atoms with Gasteiger partial charge in [0.15, 0.2) is 0 Å². The topological polar surface area (TPSA) is 313 Å². The molecule has 18 rings (SSSR count). The van der Waals surface area contributed by atoms with Crippen LogP contribution in [0.15, 0.2) is 73.8 Å². The van der Waals surface area contributed by atoms with Gasteiger partial charge in [-0.1, -0.05) is 47.5 Å². The highest BCUT2D eigenvalue weighted by atomic mass is 16.6. The quantitative estimate of drug-likeness (QED) is 0.0828. The van der Waals surface area contributed by atoms with E-state index in [2.05, 4.69) is 59.7 Å². The number of carbonyl (C=O) groups excluding carboxylic acids is 8. The van der Waals surface area contributed by atoms with Gasteiger partial charge in [-0.25, -0.2) is 34.1 Å². The van der Waals surface area contributed by atoms with Crippen LogP contribution in [0.25, 0.3) is 0 Å². The van der Waals surface area contributed by atoms with Crippen molar-refractivity contribution in [3.63, 3.8) is 0 Å². The van der Waals surface area contributed by atoms with Gasteiger partial charge >= 0.3 is 24.4 Å². The molecule has 8 amide bonds. The van der Waals surface area contributed by atoms with Crippen molar-refractivity contribution in [2.24, 2.45) is 0 Å². The maximum Gasteiger partial charge on any atom is 0.410 e. The maximum atomic E-state index is 13.9. The number of rotatable bonds is 17. The first-order valence-corrected chi connectivity index (χ1v) is 42.8. The third kappa shape index (κ3) is 15.8. The molecule has 0 radical (unpaired) electrons. The summed E-state index contributed by atoms with van der Waals surface area (Å²) < 4.78 is 28.2. The van der Waals surface area contributed by atoms with Gasteiger partial charge in [0, 0.05) is 114 Å². The van der Waals surface area contributed by atoms with E-state index in [0.717, 1.165) is 159 Å². The Morgan fingerprint density at radius 1 is 0.403 bits per heavy atom. The summed E-state index contributed by atoms with van der Waals surface area (Å²) in [5, 5.41) is 2.82. The molecule has 1 N–H and O–H groups in total. The average Bonchev–Trinajstić information content (AvgIpc) is 1.39. The SMILES string of the molecule is C.CC(C)(C)OC(=O)N1CC2(C1)C(=O)Nc1cnccc12.CCCCn1c(CN2C(=O)C3(CN(C(=O)OC(C)(C)C)C3)c3ccncc32)nc2c1CCCC2.CCCCn1c(CN2C(=O)C3(CN(C(=O)OCC)C3)c3ccncc32)nc2c1CCCC2.CCCCn1c(CN2C(=O)C3(CN(C(=O)OCC)C3)c3ccncc32)nc2c1CCCC2. The van der Waals surface area contributed by atoms with Gasteiger partial charge < -0.3 is 72.3 Å². The number of anilines is 4. The van der Waals surface area contributed by atoms with Gasteiger partial charge in [0.05, 0.1) is 97.5 Å². The van der Waals surface area contributed by atoms with Crippen molar-refractivity contribution in [1.82, 2.24) is 68.2 Å². The lowest BCUT2D eigenvalue weighted by Gasteiger charge is -2.46. The van der Waals surface area contributed by atoms with Gasteiger partial charge in [0.25, 0.3) is 0 Å². The van der Waals surface area contributed by atoms with Crippen molar-refractivity contribution in [3.8, 4) is 0 Å². The Kier molecular flexibility index (Phi) is 24.3. The summed E-state index contributed by atoms with van der Waals surface area (Å²) >= 11 is 0. The molecule has 0 unspecified atom stereocenters. The predicted octanol–water partition coefficient (Wildman–Crippen LogP) is 12.6. The Morgan fingerprint density at radius 2 is 0.697 bits per heavy atom. The number of aromatic nitrogens is 10. The molecule has 0 bridgehead atoms. The van der Waals surface area contributed by atoms with E-state index < -0.39 is 32.9 Å². The highest BCUT2D eigenvalue weighted by Crippen LogP contribution is 2.52. The molecule has 0 saturated carbocycles. The third-order valence-corrected chi connectivity index (χ3v) is 24.9. The number of likely N-dealkylation sites (tertiary alicyclic amines) is 4. The second-order valence-corrected chi connectivity index (χ2v) is 35.2. The van der Waals surface area contributed by atoms with Crippen LogP contribution in [-0.2, 0) is 138 Å².